The van der Waals surface area contributed by atoms with Crippen molar-refractivity contribution in [3.05, 3.63) is 28.0 Å². The summed E-state index contributed by atoms with van der Waals surface area (Å²) in [5.41, 5.74) is -0.252. The van der Waals surface area contributed by atoms with Crippen molar-refractivity contribution in [2.45, 2.75) is 26.4 Å². The van der Waals surface area contributed by atoms with Gasteiger partial charge in [-0.05, 0) is 47.7 Å². The minimum absolute atomic E-state index is 0.0956. The molecule has 3 rings (SSSR count). The molecule has 0 amide bonds. The Kier molecular flexibility index (Phi) is 4.87. The molecule has 1 fully saturated rings. The highest BCUT2D eigenvalue weighted by molar-refractivity contribution is 7.12. The van der Waals surface area contributed by atoms with Crippen LogP contribution in [0.2, 0.25) is 0 Å². The lowest BCUT2D eigenvalue weighted by Gasteiger charge is -2.27. The number of quaternary nitrogens is 1. The molecule has 124 valence electrons. The van der Waals surface area contributed by atoms with E-state index in [1.54, 1.807) is 0 Å². The number of esters is 1. The molecule has 1 aliphatic rings. The zero-order chi connectivity index (χ0) is 16.2. The first-order valence-electron chi connectivity index (χ1n) is 7.76. The maximum atomic E-state index is 12.4. The molecule has 0 bridgehead atoms. The second-order valence-electron chi connectivity index (χ2n) is 5.58. The Morgan fingerprint density at radius 1 is 1.52 bits per heavy atom. The summed E-state index contributed by atoms with van der Waals surface area (Å²) >= 11 is 1.44. The molecule has 8 nitrogen and oxygen atoms in total. The second-order valence-corrected chi connectivity index (χ2v) is 6.50. The largest absolute Gasteiger partial charge is 0.466 e. The molecular weight excluding hydrogens is 318 g/mol. The molecule has 23 heavy (non-hydrogen) atoms. The van der Waals surface area contributed by atoms with Crippen LogP contribution in [0.25, 0.3) is 5.00 Å². The monoisotopic (exact) mass is 338 g/mol. The van der Waals surface area contributed by atoms with E-state index in [1.807, 2.05) is 24.4 Å². The van der Waals surface area contributed by atoms with Crippen LogP contribution < -0.4 is 10.6 Å². The molecule has 1 unspecified atom stereocenters. The van der Waals surface area contributed by atoms with Gasteiger partial charge in [0.2, 0.25) is 0 Å². The van der Waals surface area contributed by atoms with E-state index in [0.29, 0.717) is 19.8 Å². The van der Waals surface area contributed by atoms with Gasteiger partial charge < -0.3 is 9.64 Å². The number of hydrogen-bond acceptors (Lipinski definition) is 6. The summed E-state index contributed by atoms with van der Waals surface area (Å²) < 4.78 is 7.77. The highest BCUT2D eigenvalue weighted by Gasteiger charge is 2.30. The fourth-order valence-electron chi connectivity index (χ4n) is 2.87. The molecule has 2 atom stereocenters. The van der Waals surface area contributed by atoms with E-state index in [0.717, 1.165) is 29.3 Å². The van der Waals surface area contributed by atoms with E-state index in [-0.39, 0.29) is 17.6 Å². The SMILES string of the molecule is CCOC(=O)[C@@H]1CCC[NH+](Cn2nnn(-c3cccs3)c2=O)C1. The molecular formula is C14H20N5O3S+. The van der Waals surface area contributed by atoms with Gasteiger partial charge in [0.1, 0.15) is 10.9 Å². The number of carbonyl (C=O) groups is 1. The average molecular weight is 338 g/mol. The van der Waals surface area contributed by atoms with Crippen LogP contribution >= 0.6 is 11.3 Å². The average Bonchev–Trinajstić information content (AvgIpc) is 3.19. The van der Waals surface area contributed by atoms with Gasteiger partial charge in [-0.25, -0.2) is 4.79 Å². The number of nitrogens with one attached hydrogen (secondary N) is 1. The van der Waals surface area contributed by atoms with Crippen molar-refractivity contribution < 1.29 is 14.4 Å². The number of thiophene rings is 1. The number of rotatable bonds is 5. The number of carbonyl (C=O) groups excluding carboxylic acids is 1. The molecule has 1 N–H and O–H groups in total. The van der Waals surface area contributed by atoms with Crippen molar-refractivity contribution in [3.63, 3.8) is 0 Å². The van der Waals surface area contributed by atoms with Crippen molar-refractivity contribution in [1.82, 2.24) is 19.8 Å². The normalized spacial score (nSPS) is 21.3. The lowest BCUT2D eigenvalue weighted by Crippen LogP contribution is -3.13. The molecule has 0 aromatic carbocycles. The minimum Gasteiger partial charge on any atom is -0.466 e. The Bertz CT molecular complexity index is 708. The molecule has 1 saturated heterocycles. The maximum Gasteiger partial charge on any atom is 0.374 e. The van der Waals surface area contributed by atoms with Gasteiger partial charge in [0.15, 0.2) is 6.67 Å². The zero-order valence-corrected chi connectivity index (χ0v) is 13.8. The summed E-state index contributed by atoms with van der Waals surface area (Å²) in [6, 6.07) is 3.70. The van der Waals surface area contributed by atoms with E-state index >= 15 is 0 Å². The topological polar surface area (TPSA) is 83.4 Å². The van der Waals surface area contributed by atoms with Crippen molar-refractivity contribution in [3.8, 4) is 5.00 Å². The summed E-state index contributed by atoms with van der Waals surface area (Å²) in [4.78, 5) is 25.4. The molecule has 2 aromatic rings. The number of piperidine rings is 1. The van der Waals surface area contributed by atoms with Gasteiger partial charge in [0.25, 0.3) is 0 Å². The first kappa shape index (κ1) is 15.9. The molecule has 3 heterocycles. The highest BCUT2D eigenvalue weighted by atomic mass is 32.1. The van der Waals surface area contributed by atoms with Gasteiger partial charge in [-0.3, -0.25) is 4.79 Å². The molecule has 2 aromatic heterocycles. The van der Waals surface area contributed by atoms with E-state index in [2.05, 4.69) is 10.4 Å². The third kappa shape index (κ3) is 3.50. The minimum atomic E-state index is -0.252. The molecule has 1 aliphatic heterocycles. The predicted molar refractivity (Wildman–Crippen MR) is 83.5 cm³/mol. The third-order valence-electron chi connectivity index (χ3n) is 3.97. The number of tetrazole rings is 1. The van der Waals surface area contributed by atoms with Crippen molar-refractivity contribution in [2.75, 3.05) is 19.7 Å². The standard InChI is InChI=1S/C14H19N5O3S/c1-2-22-13(20)11-5-3-7-17(9-11)10-18-14(21)19(16-15-18)12-6-4-8-23-12/h4,6,8,11H,2-3,5,7,9-10H2,1H3/p+1/t11-/m1/s1. The Balaban J connectivity index is 1.68. The summed E-state index contributed by atoms with van der Waals surface area (Å²) in [7, 11) is 0. The summed E-state index contributed by atoms with van der Waals surface area (Å²) in [5.74, 6) is -0.235. The van der Waals surface area contributed by atoms with E-state index in [1.165, 1.54) is 20.7 Å². The molecule has 0 spiro atoms. The highest BCUT2D eigenvalue weighted by Crippen LogP contribution is 2.11. The summed E-state index contributed by atoms with van der Waals surface area (Å²) in [6.07, 6.45) is 1.78. The van der Waals surface area contributed by atoms with Crippen molar-refractivity contribution in [1.29, 1.82) is 0 Å². The fourth-order valence-corrected chi connectivity index (χ4v) is 3.54. The number of nitrogens with zero attached hydrogens (tertiary/aromatic N) is 4. The Labute approximate surface area is 137 Å². The number of ether oxygens (including phenoxy) is 1. The molecule has 0 aliphatic carbocycles. The van der Waals surface area contributed by atoms with Crippen LogP contribution in [0.3, 0.4) is 0 Å². The smallest absolute Gasteiger partial charge is 0.374 e. The van der Waals surface area contributed by atoms with Crippen LogP contribution in [0, 0.1) is 5.92 Å². The lowest BCUT2D eigenvalue weighted by atomic mass is 9.99. The van der Waals surface area contributed by atoms with Crippen LogP contribution in [-0.2, 0) is 16.2 Å². The Morgan fingerprint density at radius 2 is 2.39 bits per heavy atom. The Morgan fingerprint density at radius 3 is 3.13 bits per heavy atom. The second kappa shape index (κ2) is 7.05. The molecule has 0 saturated carbocycles. The van der Waals surface area contributed by atoms with Crippen molar-refractivity contribution >= 4 is 17.3 Å². The zero-order valence-electron chi connectivity index (χ0n) is 13.0. The van der Waals surface area contributed by atoms with Gasteiger partial charge in [-0.15, -0.1) is 20.7 Å². The Hall–Kier alpha value is -2.00. The first-order valence-corrected chi connectivity index (χ1v) is 8.64. The number of likely N-dealkylation sites (tertiary alicyclic amines) is 1. The molecule has 9 heteroatoms. The summed E-state index contributed by atoms with van der Waals surface area (Å²) in [6.45, 7) is 4.21. The lowest BCUT2D eigenvalue weighted by molar-refractivity contribution is -0.930. The fraction of sp³-hybridized carbons (Fsp3) is 0.571. The third-order valence-corrected chi connectivity index (χ3v) is 4.81. The summed E-state index contributed by atoms with van der Waals surface area (Å²) in [5, 5.41) is 10.5. The quantitative estimate of drug-likeness (QED) is 0.730. The first-order chi connectivity index (χ1) is 11.2. The van der Waals surface area contributed by atoms with E-state index in [4.69, 9.17) is 4.74 Å². The van der Waals surface area contributed by atoms with Gasteiger partial charge in [0.05, 0.1) is 19.7 Å². The number of aromatic nitrogens is 4. The van der Waals surface area contributed by atoms with Crippen molar-refractivity contribution in [2.24, 2.45) is 5.92 Å². The van der Waals surface area contributed by atoms with Gasteiger partial charge in [0, 0.05) is 0 Å². The van der Waals surface area contributed by atoms with Crippen LogP contribution in [-0.4, -0.2) is 45.5 Å². The van der Waals surface area contributed by atoms with Gasteiger partial charge in [-0.2, -0.15) is 0 Å². The van der Waals surface area contributed by atoms with E-state index < -0.39 is 0 Å². The van der Waals surface area contributed by atoms with Crippen LogP contribution in [0.1, 0.15) is 19.8 Å². The van der Waals surface area contributed by atoms with Gasteiger partial charge in [-0.1, -0.05) is 0 Å². The molecule has 0 radical (unpaired) electrons. The predicted octanol–water partition coefficient (Wildman–Crippen LogP) is -0.694. The van der Waals surface area contributed by atoms with Crippen LogP contribution in [0.15, 0.2) is 22.3 Å². The van der Waals surface area contributed by atoms with Crippen LogP contribution in [0.5, 0.6) is 0 Å². The van der Waals surface area contributed by atoms with E-state index in [9.17, 15) is 9.59 Å². The van der Waals surface area contributed by atoms with Crippen LogP contribution in [0.4, 0.5) is 0 Å². The van der Waals surface area contributed by atoms with Gasteiger partial charge >= 0.3 is 11.7 Å². The maximum absolute atomic E-state index is 12.4. The number of hydrogen-bond donors (Lipinski definition) is 1.